The molecule has 2 aromatic heterocycles. The van der Waals surface area contributed by atoms with Gasteiger partial charge in [-0.05, 0) is 42.0 Å². The standard InChI is InChI=1S/C17H16N6O/c24-17(20-14-4-2-1-3-5-14)21-16-7-6-15(22-23-16)19-12-13-8-10-18-11-9-13/h1-11H,12H2,(H,19,22)(H2,20,21,23,24). The number of carbonyl (C=O) groups is 1. The second kappa shape index (κ2) is 7.68. The predicted octanol–water partition coefficient (Wildman–Crippen LogP) is 3.13. The number of carbonyl (C=O) groups excluding carboxylic acids is 1. The molecule has 7 heteroatoms. The molecule has 0 aliphatic rings. The zero-order chi connectivity index (χ0) is 16.6. The molecule has 2 amide bonds. The minimum Gasteiger partial charge on any atom is -0.365 e. The summed E-state index contributed by atoms with van der Waals surface area (Å²) >= 11 is 0. The van der Waals surface area contributed by atoms with Crippen molar-refractivity contribution in [3.63, 3.8) is 0 Å². The molecule has 0 aliphatic carbocycles. The Kier molecular flexibility index (Phi) is 4.94. The molecule has 0 saturated heterocycles. The smallest absolute Gasteiger partial charge is 0.324 e. The highest BCUT2D eigenvalue weighted by atomic mass is 16.2. The molecule has 1 aromatic carbocycles. The van der Waals surface area contributed by atoms with Gasteiger partial charge in [-0.25, -0.2) is 4.79 Å². The topological polar surface area (TPSA) is 91.8 Å². The van der Waals surface area contributed by atoms with Crippen LogP contribution in [-0.4, -0.2) is 21.2 Å². The van der Waals surface area contributed by atoms with E-state index in [-0.39, 0.29) is 6.03 Å². The third-order valence-corrected chi connectivity index (χ3v) is 3.16. The Bertz CT molecular complexity index is 777. The summed E-state index contributed by atoms with van der Waals surface area (Å²) in [5.74, 6) is 0.999. The lowest BCUT2D eigenvalue weighted by Gasteiger charge is -2.08. The van der Waals surface area contributed by atoms with Crippen LogP contribution in [0.15, 0.2) is 67.0 Å². The molecule has 0 radical (unpaired) electrons. The number of pyridine rings is 1. The van der Waals surface area contributed by atoms with E-state index in [1.807, 2.05) is 30.3 Å². The maximum absolute atomic E-state index is 11.9. The summed E-state index contributed by atoms with van der Waals surface area (Å²) in [6.07, 6.45) is 3.47. The monoisotopic (exact) mass is 320 g/mol. The number of rotatable bonds is 5. The molecule has 0 fully saturated rings. The van der Waals surface area contributed by atoms with Crippen LogP contribution in [0.1, 0.15) is 5.56 Å². The van der Waals surface area contributed by atoms with E-state index in [1.165, 1.54) is 0 Å². The number of hydrogen-bond acceptors (Lipinski definition) is 5. The highest BCUT2D eigenvalue weighted by molar-refractivity contribution is 5.99. The number of aromatic nitrogens is 3. The normalized spacial score (nSPS) is 10.0. The van der Waals surface area contributed by atoms with Gasteiger partial charge in [-0.2, -0.15) is 0 Å². The van der Waals surface area contributed by atoms with Gasteiger partial charge in [0.2, 0.25) is 0 Å². The highest BCUT2D eigenvalue weighted by Gasteiger charge is 2.04. The molecule has 120 valence electrons. The van der Waals surface area contributed by atoms with E-state index < -0.39 is 0 Å². The lowest BCUT2D eigenvalue weighted by atomic mass is 10.3. The number of para-hydroxylation sites is 1. The van der Waals surface area contributed by atoms with Crippen molar-refractivity contribution in [2.24, 2.45) is 0 Å². The molecule has 3 rings (SSSR count). The quantitative estimate of drug-likeness (QED) is 0.672. The van der Waals surface area contributed by atoms with Crippen LogP contribution in [0, 0.1) is 0 Å². The van der Waals surface area contributed by atoms with E-state index in [4.69, 9.17) is 0 Å². The zero-order valence-corrected chi connectivity index (χ0v) is 12.8. The summed E-state index contributed by atoms with van der Waals surface area (Å²) in [7, 11) is 0. The molecule has 7 nitrogen and oxygen atoms in total. The van der Waals surface area contributed by atoms with E-state index in [1.54, 1.807) is 36.7 Å². The van der Waals surface area contributed by atoms with Gasteiger partial charge in [0.1, 0.15) is 5.82 Å². The van der Waals surface area contributed by atoms with Gasteiger partial charge in [0.25, 0.3) is 0 Å². The van der Waals surface area contributed by atoms with Crippen molar-refractivity contribution < 1.29 is 4.79 Å². The Morgan fingerprint density at radius 1 is 0.833 bits per heavy atom. The average molecular weight is 320 g/mol. The molecular weight excluding hydrogens is 304 g/mol. The van der Waals surface area contributed by atoms with Crippen LogP contribution in [0.25, 0.3) is 0 Å². The number of amides is 2. The van der Waals surface area contributed by atoms with E-state index in [2.05, 4.69) is 31.1 Å². The summed E-state index contributed by atoms with van der Waals surface area (Å²) in [6, 6.07) is 16.1. The number of anilines is 3. The molecule has 0 saturated carbocycles. The van der Waals surface area contributed by atoms with Gasteiger partial charge in [-0.15, -0.1) is 10.2 Å². The zero-order valence-electron chi connectivity index (χ0n) is 12.8. The Labute approximate surface area is 139 Å². The Morgan fingerprint density at radius 3 is 2.25 bits per heavy atom. The largest absolute Gasteiger partial charge is 0.365 e. The predicted molar refractivity (Wildman–Crippen MR) is 92.7 cm³/mol. The average Bonchev–Trinajstić information content (AvgIpc) is 2.63. The van der Waals surface area contributed by atoms with Crippen molar-refractivity contribution in [3.05, 3.63) is 72.6 Å². The van der Waals surface area contributed by atoms with Gasteiger partial charge in [0.15, 0.2) is 5.82 Å². The molecule has 0 spiro atoms. The Balaban J connectivity index is 1.51. The summed E-state index contributed by atoms with van der Waals surface area (Å²) in [5, 5.41) is 16.5. The van der Waals surface area contributed by atoms with Gasteiger partial charge in [-0.3, -0.25) is 10.3 Å². The maximum atomic E-state index is 11.9. The third-order valence-electron chi connectivity index (χ3n) is 3.16. The minimum atomic E-state index is -0.368. The van der Waals surface area contributed by atoms with Crippen LogP contribution in [0.2, 0.25) is 0 Å². The SMILES string of the molecule is O=C(Nc1ccccc1)Nc1ccc(NCc2ccncc2)nn1. The van der Waals surface area contributed by atoms with E-state index >= 15 is 0 Å². The molecule has 0 bridgehead atoms. The fourth-order valence-electron chi connectivity index (χ4n) is 1.99. The fraction of sp³-hybridized carbons (Fsp3) is 0.0588. The Morgan fingerprint density at radius 2 is 1.54 bits per heavy atom. The van der Waals surface area contributed by atoms with Gasteiger partial charge in [-0.1, -0.05) is 18.2 Å². The summed E-state index contributed by atoms with van der Waals surface area (Å²) < 4.78 is 0. The van der Waals surface area contributed by atoms with Crippen molar-refractivity contribution >= 4 is 23.4 Å². The fourth-order valence-corrected chi connectivity index (χ4v) is 1.99. The molecule has 0 atom stereocenters. The second-order valence-corrected chi connectivity index (χ2v) is 4.96. The van der Waals surface area contributed by atoms with Crippen LogP contribution in [0.4, 0.5) is 22.1 Å². The van der Waals surface area contributed by atoms with Gasteiger partial charge in [0, 0.05) is 24.6 Å². The lowest BCUT2D eigenvalue weighted by Crippen LogP contribution is -2.20. The Hall–Kier alpha value is -3.48. The van der Waals surface area contributed by atoms with E-state index in [0.717, 1.165) is 5.56 Å². The number of hydrogen-bond donors (Lipinski definition) is 3. The summed E-state index contributed by atoms with van der Waals surface area (Å²) in [6.45, 7) is 0.623. The highest BCUT2D eigenvalue weighted by Crippen LogP contribution is 2.09. The molecule has 0 unspecified atom stereocenters. The first-order valence-electron chi connectivity index (χ1n) is 7.39. The van der Waals surface area contributed by atoms with Crippen molar-refractivity contribution in [2.45, 2.75) is 6.54 Å². The molecule has 0 aliphatic heterocycles. The van der Waals surface area contributed by atoms with Crippen LogP contribution >= 0.6 is 0 Å². The third kappa shape index (κ3) is 4.51. The number of nitrogens with one attached hydrogen (secondary N) is 3. The van der Waals surface area contributed by atoms with Crippen molar-refractivity contribution in [1.82, 2.24) is 15.2 Å². The van der Waals surface area contributed by atoms with Gasteiger partial charge in [0.05, 0.1) is 0 Å². The van der Waals surface area contributed by atoms with Crippen LogP contribution in [-0.2, 0) is 6.54 Å². The molecular formula is C17H16N6O. The van der Waals surface area contributed by atoms with Crippen LogP contribution in [0.3, 0.4) is 0 Å². The summed E-state index contributed by atoms with van der Waals surface area (Å²) in [5.41, 5.74) is 1.80. The van der Waals surface area contributed by atoms with Crippen molar-refractivity contribution in [3.8, 4) is 0 Å². The summed E-state index contributed by atoms with van der Waals surface area (Å²) in [4.78, 5) is 15.8. The number of urea groups is 1. The first-order valence-corrected chi connectivity index (χ1v) is 7.39. The molecule has 24 heavy (non-hydrogen) atoms. The minimum absolute atomic E-state index is 0.368. The first-order chi connectivity index (χ1) is 11.8. The van der Waals surface area contributed by atoms with Crippen molar-refractivity contribution in [1.29, 1.82) is 0 Å². The lowest BCUT2D eigenvalue weighted by molar-refractivity contribution is 0.262. The van der Waals surface area contributed by atoms with Gasteiger partial charge >= 0.3 is 6.03 Å². The van der Waals surface area contributed by atoms with Gasteiger partial charge < -0.3 is 10.6 Å². The van der Waals surface area contributed by atoms with Crippen LogP contribution < -0.4 is 16.0 Å². The molecule has 2 heterocycles. The molecule has 3 N–H and O–H groups in total. The second-order valence-electron chi connectivity index (χ2n) is 4.96. The van der Waals surface area contributed by atoms with E-state index in [0.29, 0.717) is 23.9 Å². The van der Waals surface area contributed by atoms with Crippen LogP contribution in [0.5, 0.6) is 0 Å². The van der Waals surface area contributed by atoms with Crippen molar-refractivity contribution in [2.75, 3.05) is 16.0 Å². The maximum Gasteiger partial charge on any atom is 0.324 e. The molecule has 3 aromatic rings. The number of nitrogens with zero attached hydrogens (tertiary/aromatic N) is 3. The van der Waals surface area contributed by atoms with E-state index in [9.17, 15) is 4.79 Å². The first kappa shape index (κ1) is 15.4. The number of benzene rings is 1.